The third-order valence-corrected chi connectivity index (χ3v) is 5.04. The summed E-state index contributed by atoms with van der Waals surface area (Å²) in [5.41, 5.74) is 1.68. The van der Waals surface area contributed by atoms with E-state index in [1.54, 1.807) is 42.5 Å². The molecule has 4 aromatic rings. The Balaban J connectivity index is 1.69. The summed E-state index contributed by atoms with van der Waals surface area (Å²) in [6, 6.07) is 14.4. The molecule has 164 valence electrons. The van der Waals surface area contributed by atoms with Gasteiger partial charge in [-0.1, -0.05) is 12.1 Å². The molecule has 0 unspecified atom stereocenters. The van der Waals surface area contributed by atoms with Gasteiger partial charge >= 0.3 is 0 Å². The summed E-state index contributed by atoms with van der Waals surface area (Å²) in [5.74, 6) is 1.57. The van der Waals surface area contributed by atoms with E-state index in [1.807, 2.05) is 0 Å². The number of halogens is 1. The van der Waals surface area contributed by atoms with Gasteiger partial charge in [0.1, 0.15) is 35.8 Å². The van der Waals surface area contributed by atoms with Gasteiger partial charge in [-0.3, -0.25) is 4.79 Å². The first kappa shape index (κ1) is 21.2. The second kappa shape index (κ2) is 9.01. The standard InChI is InChI=1S/C25H21FO6/c1-28-21-12-24(30-3)23(29-2)11-19(21)20-14-32-22-10-17(7-8-18(22)25(20)27)31-13-15-5-4-6-16(26)9-15/h4-12,14H,13H2,1-3H3. The zero-order valence-electron chi connectivity index (χ0n) is 17.8. The van der Waals surface area contributed by atoms with Crippen LogP contribution in [-0.2, 0) is 6.61 Å². The first-order chi connectivity index (χ1) is 15.5. The van der Waals surface area contributed by atoms with Crippen molar-refractivity contribution in [1.82, 2.24) is 0 Å². The molecular weight excluding hydrogens is 415 g/mol. The maximum Gasteiger partial charge on any atom is 0.200 e. The molecule has 0 N–H and O–H groups in total. The van der Waals surface area contributed by atoms with Crippen molar-refractivity contribution in [2.24, 2.45) is 0 Å². The number of benzene rings is 3. The topological polar surface area (TPSA) is 67.1 Å². The molecule has 6 nitrogen and oxygen atoms in total. The molecule has 0 aliphatic heterocycles. The second-order valence-corrected chi connectivity index (χ2v) is 6.96. The Kier molecular flexibility index (Phi) is 5.98. The number of rotatable bonds is 7. The van der Waals surface area contributed by atoms with Crippen LogP contribution in [0.25, 0.3) is 22.1 Å². The molecule has 0 atom stereocenters. The molecule has 0 saturated heterocycles. The molecule has 0 radical (unpaired) electrons. The van der Waals surface area contributed by atoms with E-state index in [4.69, 9.17) is 23.4 Å². The van der Waals surface area contributed by atoms with Crippen molar-refractivity contribution < 1.29 is 27.8 Å². The molecule has 0 amide bonds. The van der Waals surface area contributed by atoms with E-state index in [1.165, 1.54) is 39.7 Å². The van der Waals surface area contributed by atoms with Gasteiger partial charge in [0.05, 0.1) is 32.3 Å². The average molecular weight is 436 g/mol. The number of hydrogen-bond donors (Lipinski definition) is 0. The summed E-state index contributed by atoms with van der Waals surface area (Å²) < 4.78 is 40.9. The molecule has 4 rings (SSSR count). The predicted octanol–water partition coefficient (Wildman–Crippen LogP) is 5.20. The molecule has 0 spiro atoms. The van der Waals surface area contributed by atoms with Gasteiger partial charge in [0, 0.05) is 17.7 Å². The van der Waals surface area contributed by atoms with Gasteiger partial charge in [0.25, 0.3) is 0 Å². The van der Waals surface area contributed by atoms with Crippen LogP contribution in [0, 0.1) is 5.82 Å². The summed E-state index contributed by atoms with van der Waals surface area (Å²) in [6.07, 6.45) is 1.38. The van der Waals surface area contributed by atoms with Crippen LogP contribution in [0.5, 0.6) is 23.0 Å². The third-order valence-electron chi connectivity index (χ3n) is 5.04. The highest BCUT2D eigenvalue weighted by atomic mass is 19.1. The number of ether oxygens (including phenoxy) is 4. The molecule has 0 aliphatic rings. The molecule has 0 saturated carbocycles. The van der Waals surface area contributed by atoms with Crippen LogP contribution >= 0.6 is 0 Å². The molecule has 1 aromatic heterocycles. The van der Waals surface area contributed by atoms with Gasteiger partial charge in [-0.05, 0) is 35.9 Å². The lowest BCUT2D eigenvalue weighted by atomic mass is 10.0. The van der Waals surface area contributed by atoms with Crippen molar-refractivity contribution in [2.75, 3.05) is 21.3 Å². The van der Waals surface area contributed by atoms with E-state index < -0.39 is 0 Å². The molecule has 3 aromatic carbocycles. The van der Waals surface area contributed by atoms with E-state index in [0.29, 0.717) is 50.7 Å². The molecule has 0 aliphatic carbocycles. The van der Waals surface area contributed by atoms with Gasteiger partial charge < -0.3 is 23.4 Å². The summed E-state index contributed by atoms with van der Waals surface area (Å²) in [4.78, 5) is 13.2. The van der Waals surface area contributed by atoms with Crippen molar-refractivity contribution in [3.8, 4) is 34.1 Å². The van der Waals surface area contributed by atoms with Gasteiger partial charge in [0.2, 0.25) is 5.43 Å². The van der Waals surface area contributed by atoms with E-state index in [2.05, 4.69) is 0 Å². The van der Waals surface area contributed by atoms with Crippen LogP contribution in [0.15, 0.2) is 70.1 Å². The Morgan fingerprint density at radius 2 is 1.59 bits per heavy atom. The van der Waals surface area contributed by atoms with Gasteiger partial charge in [-0.25, -0.2) is 4.39 Å². The van der Waals surface area contributed by atoms with E-state index in [0.717, 1.165) is 0 Å². The van der Waals surface area contributed by atoms with Crippen molar-refractivity contribution >= 4 is 11.0 Å². The number of hydrogen-bond acceptors (Lipinski definition) is 6. The second-order valence-electron chi connectivity index (χ2n) is 6.96. The number of methoxy groups -OCH3 is 3. The SMILES string of the molecule is COc1cc(OC)c(-c2coc3cc(OCc4cccc(F)c4)ccc3c2=O)cc1OC. The summed E-state index contributed by atoms with van der Waals surface area (Å²) in [6.45, 7) is 0.189. The highest BCUT2D eigenvalue weighted by molar-refractivity contribution is 5.84. The Morgan fingerprint density at radius 3 is 2.31 bits per heavy atom. The minimum atomic E-state index is -0.325. The van der Waals surface area contributed by atoms with Gasteiger partial charge in [-0.15, -0.1) is 0 Å². The molecule has 7 heteroatoms. The predicted molar refractivity (Wildman–Crippen MR) is 118 cm³/mol. The summed E-state index contributed by atoms with van der Waals surface area (Å²) in [7, 11) is 4.55. The van der Waals surface area contributed by atoms with Crippen LogP contribution in [-0.4, -0.2) is 21.3 Å². The zero-order valence-corrected chi connectivity index (χ0v) is 17.8. The van der Waals surface area contributed by atoms with Crippen molar-refractivity contribution in [2.45, 2.75) is 6.61 Å². The fraction of sp³-hybridized carbons (Fsp3) is 0.160. The summed E-state index contributed by atoms with van der Waals surface area (Å²) in [5, 5.41) is 0.387. The fourth-order valence-electron chi connectivity index (χ4n) is 3.42. The number of fused-ring (bicyclic) bond motifs is 1. The monoisotopic (exact) mass is 436 g/mol. The van der Waals surface area contributed by atoms with Crippen molar-refractivity contribution in [3.05, 3.63) is 82.5 Å². The molecular formula is C25H21FO6. The highest BCUT2D eigenvalue weighted by Crippen LogP contribution is 2.39. The van der Waals surface area contributed by atoms with Crippen molar-refractivity contribution in [3.63, 3.8) is 0 Å². The first-order valence-electron chi connectivity index (χ1n) is 9.77. The van der Waals surface area contributed by atoms with Gasteiger partial charge in [0.15, 0.2) is 11.5 Å². The Labute approximate surface area is 183 Å². The quantitative estimate of drug-likeness (QED) is 0.397. The maximum absolute atomic E-state index is 13.3. The lowest BCUT2D eigenvalue weighted by molar-refractivity contribution is 0.305. The molecule has 0 fully saturated rings. The lowest BCUT2D eigenvalue weighted by Crippen LogP contribution is -2.06. The molecule has 0 bridgehead atoms. The average Bonchev–Trinajstić information content (AvgIpc) is 2.82. The van der Waals surface area contributed by atoms with Crippen LogP contribution in [0.3, 0.4) is 0 Å². The fourth-order valence-corrected chi connectivity index (χ4v) is 3.42. The Morgan fingerprint density at radius 1 is 0.844 bits per heavy atom. The largest absolute Gasteiger partial charge is 0.496 e. The van der Waals surface area contributed by atoms with Crippen LogP contribution in [0.1, 0.15) is 5.56 Å². The first-order valence-corrected chi connectivity index (χ1v) is 9.77. The van der Waals surface area contributed by atoms with Crippen LogP contribution in [0.4, 0.5) is 4.39 Å². The van der Waals surface area contributed by atoms with E-state index in [-0.39, 0.29) is 17.9 Å². The van der Waals surface area contributed by atoms with E-state index >= 15 is 0 Å². The summed E-state index contributed by atoms with van der Waals surface area (Å²) >= 11 is 0. The third kappa shape index (κ3) is 4.09. The zero-order chi connectivity index (χ0) is 22.7. The minimum Gasteiger partial charge on any atom is -0.496 e. The van der Waals surface area contributed by atoms with Crippen LogP contribution < -0.4 is 24.4 Å². The maximum atomic E-state index is 13.3. The normalized spacial score (nSPS) is 10.8. The Bertz CT molecular complexity index is 1330. The molecule has 1 heterocycles. The molecule has 32 heavy (non-hydrogen) atoms. The van der Waals surface area contributed by atoms with Crippen LogP contribution in [0.2, 0.25) is 0 Å². The lowest BCUT2D eigenvalue weighted by Gasteiger charge is -2.14. The smallest absolute Gasteiger partial charge is 0.200 e. The highest BCUT2D eigenvalue weighted by Gasteiger charge is 2.18. The Hall–Kier alpha value is -4.00. The van der Waals surface area contributed by atoms with E-state index in [9.17, 15) is 9.18 Å². The minimum absolute atomic E-state index is 0.189. The van der Waals surface area contributed by atoms with Crippen molar-refractivity contribution in [1.29, 1.82) is 0 Å². The van der Waals surface area contributed by atoms with Gasteiger partial charge in [-0.2, -0.15) is 0 Å².